The molecule has 0 saturated carbocycles. The van der Waals surface area contributed by atoms with E-state index in [-0.39, 0.29) is 23.2 Å². The summed E-state index contributed by atoms with van der Waals surface area (Å²) in [5, 5.41) is 2.54. The largest absolute Gasteiger partial charge is 0.337 e. The van der Waals surface area contributed by atoms with Crippen molar-refractivity contribution in [2.45, 2.75) is 26.2 Å². The topological polar surface area (TPSA) is 58.1 Å². The summed E-state index contributed by atoms with van der Waals surface area (Å²) in [5.74, 6) is -1.68. The van der Waals surface area contributed by atoms with Crippen LogP contribution in [0.4, 0.5) is 20.4 Å². The molecule has 2 heterocycles. The molecule has 0 aliphatic carbocycles. The molecule has 1 aliphatic heterocycles. The third-order valence-electron chi connectivity index (χ3n) is 3.92. The minimum atomic E-state index is -0.746. The summed E-state index contributed by atoms with van der Waals surface area (Å²) in [6, 6.07) is 5.14. The van der Waals surface area contributed by atoms with Crippen LogP contribution in [0.15, 0.2) is 24.3 Å². The molecule has 3 rings (SSSR count). The highest BCUT2D eigenvalue weighted by molar-refractivity contribution is 5.92. The maximum atomic E-state index is 13.8. The second kappa shape index (κ2) is 6.90. The number of benzene rings is 1. The van der Waals surface area contributed by atoms with E-state index in [1.54, 1.807) is 17.9 Å². The number of piperidine rings is 1. The molecule has 0 atom stereocenters. The Bertz CT molecular complexity index is 740. The molecule has 1 saturated heterocycles. The lowest BCUT2D eigenvalue weighted by atomic mass is 10.1. The molecule has 1 N–H and O–H groups in total. The summed E-state index contributed by atoms with van der Waals surface area (Å²) in [5.41, 5.74) is 0.438. The highest BCUT2D eigenvalue weighted by Gasteiger charge is 2.21. The number of aryl methyl sites for hydroxylation is 1. The first-order chi connectivity index (χ1) is 11.5. The summed E-state index contributed by atoms with van der Waals surface area (Å²) in [7, 11) is 0. The van der Waals surface area contributed by atoms with E-state index in [2.05, 4.69) is 15.3 Å². The number of anilines is 2. The lowest BCUT2D eigenvalue weighted by Gasteiger charge is -2.26. The number of likely N-dealkylation sites (tertiary alicyclic amines) is 1. The van der Waals surface area contributed by atoms with Crippen LogP contribution in [0.25, 0.3) is 0 Å². The molecule has 1 amide bonds. The Kier molecular flexibility index (Phi) is 4.69. The molecule has 24 heavy (non-hydrogen) atoms. The highest BCUT2D eigenvalue weighted by Crippen LogP contribution is 2.22. The SMILES string of the molecule is Cc1cc(C(=O)N2CCCCC2)nc(Nc2c(F)cccc2F)n1. The molecule has 126 valence electrons. The molecule has 0 unspecified atom stereocenters. The van der Waals surface area contributed by atoms with Crippen molar-refractivity contribution in [3.05, 3.63) is 47.3 Å². The molecule has 0 bridgehead atoms. The molecule has 0 spiro atoms. The average molecular weight is 332 g/mol. The summed E-state index contributed by atoms with van der Waals surface area (Å²) < 4.78 is 27.5. The van der Waals surface area contributed by atoms with Gasteiger partial charge in [-0.2, -0.15) is 0 Å². The van der Waals surface area contributed by atoms with E-state index in [1.165, 1.54) is 6.07 Å². The van der Waals surface area contributed by atoms with Crippen molar-refractivity contribution in [1.82, 2.24) is 14.9 Å². The monoisotopic (exact) mass is 332 g/mol. The van der Waals surface area contributed by atoms with Gasteiger partial charge >= 0.3 is 0 Å². The van der Waals surface area contributed by atoms with Crippen molar-refractivity contribution < 1.29 is 13.6 Å². The number of nitrogens with zero attached hydrogens (tertiary/aromatic N) is 3. The molecule has 2 aromatic rings. The van der Waals surface area contributed by atoms with Gasteiger partial charge in [-0.1, -0.05) is 6.07 Å². The summed E-state index contributed by atoms with van der Waals surface area (Å²) in [4.78, 5) is 22.6. The Hall–Kier alpha value is -2.57. The molecular formula is C17H18F2N4O. The average Bonchev–Trinajstić information content (AvgIpc) is 2.58. The number of carbonyl (C=O) groups excluding carboxylic acids is 1. The zero-order chi connectivity index (χ0) is 17.1. The molecule has 7 heteroatoms. The van der Waals surface area contributed by atoms with Crippen LogP contribution in [0.2, 0.25) is 0 Å². The second-order valence-electron chi connectivity index (χ2n) is 5.79. The summed E-state index contributed by atoms with van der Waals surface area (Å²) in [6.45, 7) is 3.11. The smallest absolute Gasteiger partial charge is 0.272 e. The predicted molar refractivity (Wildman–Crippen MR) is 86.2 cm³/mol. The van der Waals surface area contributed by atoms with Gasteiger partial charge in [0.1, 0.15) is 23.0 Å². The first-order valence-electron chi connectivity index (χ1n) is 7.90. The number of rotatable bonds is 3. The van der Waals surface area contributed by atoms with Crippen LogP contribution in [-0.4, -0.2) is 33.9 Å². The Morgan fingerprint density at radius 2 is 1.79 bits per heavy atom. The third-order valence-corrected chi connectivity index (χ3v) is 3.92. The van der Waals surface area contributed by atoms with Crippen LogP contribution in [-0.2, 0) is 0 Å². The standard InChI is InChI=1S/C17H18F2N4O/c1-11-10-14(16(24)23-8-3-2-4-9-23)21-17(20-11)22-15-12(18)6-5-7-13(15)19/h5-7,10H,2-4,8-9H2,1H3,(H,20,21,22). The van der Waals surface area contributed by atoms with Crippen molar-refractivity contribution in [3.63, 3.8) is 0 Å². The second-order valence-corrected chi connectivity index (χ2v) is 5.79. The number of hydrogen-bond acceptors (Lipinski definition) is 4. The Morgan fingerprint density at radius 1 is 1.12 bits per heavy atom. The number of amides is 1. The van der Waals surface area contributed by atoms with Crippen LogP contribution < -0.4 is 5.32 Å². The van der Waals surface area contributed by atoms with Gasteiger partial charge in [-0.15, -0.1) is 0 Å². The van der Waals surface area contributed by atoms with E-state index < -0.39 is 11.6 Å². The van der Waals surface area contributed by atoms with Gasteiger partial charge < -0.3 is 10.2 Å². The van der Waals surface area contributed by atoms with E-state index in [9.17, 15) is 13.6 Å². The van der Waals surface area contributed by atoms with Crippen molar-refractivity contribution in [1.29, 1.82) is 0 Å². The predicted octanol–water partition coefficient (Wildman–Crippen LogP) is 3.43. The number of para-hydroxylation sites is 1. The quantitative estimate of drug-likeness (QED) is 0.935. The number of nitrogens with one attached hydrogen (secondary N) is 1. The lowest BCUT2D eigenvalue weighted by Crippen LogP contribution is -2.36. The van der Waals surface area contributed by atoms with Crippen LogP contribution in [0.5, 0.6) is 0 Å². The van der Waals surface area contributed by atoms with Crippen LogP contribution >= 0.6 is 0 Å². The number of aromatic nitrogens is 2. The van der Waals surface area contributed by atoms with Gasteiger partial charge in [0.05, 0.1) is 0 Å². The molecular weight excluding hydrogens is 314 g/mol. The van der Waals surface area contributed by atoms with Gasteiger partial charge in [0.25, 0.3) is 5.91 Å². The first-order valence-corrected chi connectivity index (χ1v) is 7.90. The van der Waals surface area contributed by atoms with E-state index in [1.807, 2.05) is 0 Å². The van der Waals surface area contributed by atoms with Crippen LogP contribution in [0.1, 0.15) is 35.4 Å². The zero-order valence-electron chi connectivity index (χ0n) is 13.4. The van der Waals surface area contributed by atoms with E-state index >= 15 is 0 Å². The van der Waals surface area contributed by atoms with Gasteiger partial charge in [-0.3, -0.25) is 4.79 Å². The fourth-order valence-corrected chi connectivity index (χ4v) is 2.72. The number of halogens is 2. The van der Waals surface area contributed by atoms with Crippen molar-refractivity contribution in [2.24, 2.45) is 0 Å². The number of hydrogen-bond donors (Lipinski definition) is 1. The van der Waals surface area contributed by atoms with Gasteiger partial charge in [0.15, 0.2) is 0 Å². The van der Waals surface area contributed by atoms with Gasteiger partial charge in [-0.25, -0.2) is 18.7 Å². The van der Waals surface area contributed by atoms with Gasteiger partial charge in [-0.05, 0) is 44.4 Å². The fraction of sp³-hybridized carbons (Fsp3) is 0.353. The lowest BCUT2D eigenvalue weighted by molar-refractivity contribution is 0.0718. The third kappa shape index (κ3) is 3.50. The Labute approximate surface area is 138 Å². The fourth-order valence-electron chi connectivity index (χ4n) is 2.72. The van der Waals surface area contributed by atoms with Crippen molar-refractivity contribution in [2.75, 3.05) is 18.4 Å². The summed E-state index contributed by atoms with van der Waals surface area (Å²) in [6.07, 6.45) is 3.06. The maximum absolute atomic E-state index is 13.8. The molecule has 0 radical (unpaired) electrons. The minimum Gasteiger partial charge on any atom is -0.337 e. The van der Waals surface area contributed by atoms with Crippen LogP contribution in [0, 0.1) is 18.6 Å². The van der Waals surface area contributed by atoms with Crippen molar-refractivity contribution >= 4 is 17.5 Å². The number of carbonyl (C=O) groups is 1. The Morgan fingerprint density at radius 3 is 2.46 bits per heavy atom. The molecule has 1 aromatic carbocycles. The first kappa shape index (κ1) is 16.3. The molecule has 5 nitrogen and oxygen atoms in total. The van der Waals surface area contributed by atoms with Gasteiger partial charge in [0, 0.05) is 18.8 Å². The normalized spacial score (nSPS) is 14.5. The van der Waals surface area contributed by atoms with E-state index in [4.69, 9.17) is 0 Å². The maximum Gasteiger partial charge on any atom is 0.272 e. The minimum absolute atomic E-state index is 0.000593. The summed E-state index contributed by atoms with van der Waals surface area (Å²) >= 11 is 0. The van der Waals surface area contributed by atoms with Crippen molar-refractivity contribution in [3.8, 4) is 0 Å². The molecule has 1 aromatic heterocycles. The van der Waals surface area contributed by atoms with Crippen LogP contribution in [0.3, 0.4) is 0 Å². The molecule has 1 fully saturated rings. The van der Waals surface area contributed by atoms with E-state index in [0.29, 0.717) is 18.8 Å². The van der Waals surface area contributed by atoms with E-state index in [0.717, 1.165) is 31.4 Å². The molecule has 1 aliphatic rings. The zero-order valence-corrected chi connectivity index (χ0v) is 13.4. The van der Waals surface area contributed by atoms with Gasteiger partial charge in [0.2, 0.25) is 5.95 Å². The highest BCUT2D eigenvalue weighted by atomic mass is 19.1. The Balaban J connectivity index is 1.87.